The first kappa shape index (κ1) is 12.5. The average molecular weight is 245 g/mol. The molecule has 0 atom stereocenters. The normalized spacial score (nSPS) is 10.6. The highest BCUT2D eigenvalue weighted by atomic mass is 15.1. The molecule has 2 rings (SSSR count). The molecule has 0 amide bonds. The van der Waals surface area contributed by atoms with Crippen molar-refractivity contribution in [2.75, 3.05) is 11.9 Å². The Kier molecular flexibility index (Phi) is 4.28. The maximum atomic E-state index is 4.39. The van der Waals surface area contributed by atoms with Gasteiger partial charge >= 0.3 is 0 Å². The molecule has 2 aromatic rings. The van der Waals surface area contributed by atoms with E-state index in [4.69, 9.17) is 0 Å². The minimum Gasteiger partial charge on any atom is -0.370 e. The second kappa shape index (κ2) is 6.14. The Hall–Kier alpha value is -1.91. The van der Waals surface area contributed by atoms with Crippen molar-refractivity contribution in [2.24, 2.45) is 0 Å². The molecule has 1 N–H and O–H groups in total. The van der Waals surface area contributed by atoms with Crippen LogP contribution in [-0.4, -0.2) is 26.1 Å². The SMILES string of the molecule is CCCn1ccnc1Cc1cc(NCC)ncn1. The molecule has 2 heterocycles. The number of rotatable bonds is 6. The Balaban J connectivity index is 2.12. The zero-order chi connectivity index (χ0) is 12.8. The zero-order valence-corrected chi connectivity index (χ0v) is 10.9. The summed E-state index contributed by atoms with van der Waals surface area (Å²) in [6.45, 7) is 6.08. The van der Waals surface area contributed by atoms with Crippen LogP contribution in [0.15, 0.2) is 24.8 Å². The molecule has 0 unspecified atom stereocenters. The molecule has 0 aliphatic carbocycles. The Morgan fingerprint density at radius 2 is 2.11 bits per heavy atom. The summed E-state index contributed by atoms with van der Waals surface area (Å²) < 4.78 is 2.18. The van der Waals surface area contributed by atoms with E-state index in [-0.39, 0.29) is 0 Å². The summed E-state index contributed by atoms with van der Waals surface area (Å²) >= 11 is 0. The van der Waals surface area contributed by atoms with E-state index in [0.717, 1.165) is 43.3 Å². The number of imidazole rings is 1. The van der Waals surface area contributed by atoms with Crippen LogP contribution in [0.1, 0.15) is 31.8 Å². The zero-order valence-electron chi connectivity index (χ0n) is 10.9. The van der Waals surface area contributed by atoms with Crippen molar-refractivity contribution in [3.63, 3.8) is 0 Å². The molecular weight excluding hydrogens is 226 g/mol. The van der Waals surface area contributed by atoms with Crippen molar-refractivity contribution in [3.8, 4) is 0 Å². The summed E-state index contributed by atoms with van der Waals surface area (Å²) in [6.07, 6.45) is 7.31. The van der Waals surface area contributed by atoms with Gasteiger partial charge in [0.05, 0.1) is 5.69 Å². The van der Waals surface area contributed by atoms with Gasteiger partial charge in [0.15, 0.2) is 0 Å². The Morgan fingerprint density at radius 1 is 1.22 bits per heavy atom. The molecule has 0 aromatic carbocycles. The summed E-state index contributed by atoms with van der Waals surface area (Å²) in [4.78, 5) is 12.8. The van der Waals surface area contributed by atoms with Crippen molar-refractivity contribution < 1.29 is 0 Å². The summed E-state index contributed by atoms with van der Waals surface area (Å²) in [5, 5.41) is 3.19. The quantitative estimate of drug-likeness (QED) is 0.846. The highest BCUT2D eigenvalue weighted by Gasteiger charge is 2.05. The van der Waals surface area contributed by atoms with Crippen LogP contribution in [0, 0.1) is 0 Å². The van der Waals surface area contributed by atoms with Crippen molar-refractivity contribution in [1.29, 1.82) is 0 Å². The van der Waals surface area contributed by atoms with Crippen molar-refractivity contribution in [3.05, 3.63) is 36.3 Å². The lowest BCUT2D eigenvalue weighted by Gasteiger charge is -2.07. The van der Waals surface area contributed by atoms with Crippen LogP contribution in [0.4, 0.5) is 5.82 Å². The first-order chi connectivity index (χ1) is 8.83. The van der Waals surface area contributed by atoms with Crippen LogP contribution in [0.3, 0.4) is 0 Å². The van der Waals surface area contributed by atoms with Crippen LogP contribution in [-0.2, 0) is 13.0 Å². The Labute approximate surface area is 107 Å². The monoisotopic (exact) mass is 245 g/mol. The van der Waals surface area contributed by atoms with Gasteiger partial charge in [-0.05, 0) is 13.3 Å². The fraction of sp³-hybridized carbons (Fsp3) is 0.462. The highest BCUT2D eigenvalue weighted by Crippen LogP contribution is 2.09. The van der Waals surface area contributed by atoms with Gasteiger partial charge in [0.2, 0.25) is 0 Å². The number of hydrogen-bond donors (Lipinski definition) is 1. The van der Waals surface area contributed by atoms with Crippen molar-refractivity contribution in [1.82, 2.24) is 19.5 Å². The van der Waals surface area contributed by atoms with Crippen LogP contribution in [0.25, 0.3) is 0 Å². The third-order valence-electron chi connectivity index (χ3n) is 2.69. The fourth-order valence-corrected chi connectivity index (χ4v) is 1.89. The fourth-order valence-electron chi connectivity index (χ4n) is 1.89. The Bertz CT molecular complexity index is 492. The van der Waals surface area contributed by atoms with Crippen LogP contribution in [0.2, 0.25) is 0 Å². The molecule has 96 valence electrons. The predicted molar refractivity (Wildman–Crippen MR) is 71.5 cm³/mol. The molecule has 0 radical (unpaired) electrons. The summed E-state index contributed by atoms with van der Waals surface area (Å²) in [5.74, 6) is 1.93. The van der Waals surface area contributed by atoms with Gasteiger partial charge in [0.1, 0.15) is 18.0 Å². The third-order valence-corrected chi connectivity index (χ3v) is 2.69. The molecule has 5 nitrogen and oxygen atoms in total. The number of aryl methyl sites for hydroxylation is 1. The second-order valence-electron chi connectivity index (χ2n) is 4.14. The average Bonchev–Trinajstić information content (AvgIpc) is 2.78. The van der Waals surface area contributed by atoms with Crippen LogP contribution in [0.5, 0.6) is 0 Å². The second-order valence-corrected chi connectivity index (χ2v) is 4.14. The summed E-state index contributed by atoms with van der Waals surface area (Å²) in [5.41, 5.74) is 0.990. The van der Waals surface area contributed by atoms with Gasteiger partial charge in [0, 0.05) is 38.0 Å². The van der Waals surface area contributed by atoms with E-state index < -0.39 is 0 Å². The van der Waals surface area contributed by atoms with Gasteiger partial charge in [-0.2, -0.15) is 0 Å². The lowest BCUT2D eigenvalue weighted by Crippen LogP contribution is -2.06. The van der Waals surface area contributed by atoms with Gasteiger partial charge in [-0.3, -0.25) is 0 Å². The molecular formula is C13H19N5. The first-order valence-corrected chi connectivity index (χ1v) is 6.38. The van der Waals surface area contributed by atoms with Crippen LogP contribution >= 0.6 is 0 Å². The molecule has 0 aliphatic heterocycles. The third kappa shape index (κ3) is 3.06. The molecule has 0 fully saturated rings. The number of aromatic nitrogens is 4. The van der Waals surface area contributed by atoms with Crippen molar-refractivity contribution in [2.45, 2.75) is 33.2 Å². The smallest absolute Gasteiger partial charge is 0.129 e. The lowest BCUT2D eigenvalue weighted by atomic mass is 10.2. The molecule has 0 spiro atoms. The van der Waals surface area contributed by atoms with E-state index >= 15 is 0 Å². The highest BCUT2D eigenvalue weighted by molar-refractivity contribution is 5.35. The number of hydrogen-bond acceptors (Lipinski definition) is 4. The van der Waals surface area contributed by atoms with E-state index in [2.05, 4.69) is 38.7 Å². The van der Waals surface area contributed by atoms with Crippen molar-refractivity contribution >= 4 is 5.82 Å². The van der Waals surface area contributed by atoms with Gasteiger partial charge in [-0.15, -0.1) is 0 Å². The minimum atomic E-state index is 0.744. The van der Waals surface area contributed by atoms with E-state index in [1.807, 2.05) is 18.5 Å². The Morgan fingerprint density at radius 3 is 2.89 bits per heavy atom. The van der Waals surface area contributed by atoms with E-state index in [9.17, 15) is 0 Å². The van der Waals surface area contributed by atoms with Gasteiger partial charge in [-0.1, -0.05) is 6.92 Å². The summed E-state index contributed by atoms with van der Waals surface area (Å²) in [6, 6.07) is 1.98. The molecule has 0 aliphatic rings. The van der Waals surface area contributed by atoms with E-state index in [1.54, 1.807) is 6.33 Å². The lowest BCUT2D eigenvalue weighted by molar-refractivity contribution is 0.644. The number of nitrogens with one attached hydrogen (secondary N) is 1. The molecule has 18 heavy (non-hydrogen) atoms. The minimum absolute atomic E-state index is 0.744. The molecule has 2 aromatic heterocycles. The van der Waals surface area contributed by atoms with Gasteiger partial charge in [-0.25, -0.2) is 15.0 Å². The van der Waals surface area contributed by atoms with E-state index in [0.29, 0.717) is 0 Å². The number of anilines is 1. The standard InChI is InChI=1S/C13H19N5/c1-3-6-18-7-5-15-13(18)9-11-8-12(14-4-2)17-10-16-11/h5,7-8,10H,3-4,6,9H2,1-2H3,(H,14,16,17). The molecule has 5 heteroatoms. The first-order valence-electron chi connectivity index (χ1n) is 6.38. The maximum absolute atomic E-state index is 4.39. The van der Waals surface area contributed by atoms with Gasteiger partial charge in [0.25, 0.3) is 0 Å². The van der Waals surface area contributed by atoms with E-state index in [1.165, 1.54) is 0 Å². The topological polar surface area (TPSA) is 55.6 Å². The molecule has 0 saturated heterocycles. The maximum Gasteiger partial charge on any atom is 0.129 e. The largest absolute Gasteiger partial charge is 0.370 e. The summed E-state index contributed by atoms with van der Waals surface area (Å²) in [7, 11) is 0. The predicted octanol–water partition coefficient (Wildman–Crippen LogP) is 2.11. The van der Waals surface area contributed by atoms with Crippen LogP contribution < -0.4 is 5.32 Å². The van der Waals surface area contributed by atoms with Gasteiger partial charge < -0.3 is 9.88 Å². The molecule has 0 bridgehead atoms. The molecule has 0 saturated carbocycles. The number of nitrogens with zero attached hydrogens (tertiary/aromatic N) is 4.